The molecular formula is C11H11NS2. The van der Waals surface area contributed by atoms with Crippen molar-refractivity contribution in [3.8, 4) is 0 Å². The first-order valence-corrected chi connectivity index (χ1v) is 5.95. The average Bonchev–Trinajstić information content (AvgIpc) is 2.64. The van der Waals surface area contributed by atoms with E-state index in [9.17, 15) is 0 Å². The monoisotopic (exact) mass is 221 g/mol. The van der Waals surface area contributed by atoms with E-state index < -0.39 is 0 Å². The first-order valence-electron chi connectivity index (χ1n) is 4.55. The number of hydrogen-bond donors (Lipinski definition) is 1. The second-order valence-electron chi connectivity index (χ2n) is 3.00. The third-order valence-corrected chi connectivity index (χ3v) is 3.44. The molecule has 0 spiro atoms. The van der Waals surface area contributed by atoms with Crippen LogP contribution in [0.25, 0.3) is 10.9 Å². The van der Waals surface area contributed by atoms with Crippen LogP contribution >= 0.6 is 24.0 Å². The predicted octanol–water partition coefficient (Wildman–Crippen LogP) is 3.60. The second kappa shape index (κ2) is 4.15. The van der Waals surface area contributed by atoms with Gasteiger partial charge in [-0.2, -0.15) is 0 Å². The van der Waals surface area contributed by atoms with Crippen molar-refractivity contribution in [2.24, 2.45) is 0 Å². The van der Waals surface area contributed by atoms with Crippen LogP contribution in [0.2, 0.25) is 0 Å². The second-order valence-corrected chi connectivity index (χ2v) is 4.94. The van der Waals surface area contributed by atoms with Gasteiger partial charge in [-0.05, 0) is 23.3 Å². The third kappa shape index (κ3) is 1.83. The highest BCUT2D eigenvalue weighted by Crippen LogP contribution is 2.19. The first kappa shape index (κ1) is 9.74. The highest BCUT2D eigenvalue weighted by Gasteiger charge is 2.02. The minimum absolute atomic E-state index is 0.976. The van der Waals surface area contributed by atoms with E-state index in [-0.39, 0.29) is 0 Å². The Morgan fingerprint density at radius 3 is 3.07 bits per heavy atom. The van der Waals surface area contributed by atoms with E-state index in [0.29, 0.717) is 0 Å². The molecule has 0 radical (unpaired) electrons. The standard InChI is InChI=1S/C11H11NS2/c1-2-14-11(13)9-4-3-8-5-6-12-10(8)7-9/h3-7,12H,2H2,1H3. The summed E-state index contributed by atoms with van der Waals surface area (Å²) in [4.78, 5) is 3.19. The molecule has 1 aromatic carbocycles. The number of fused-ring (bicyclic) bond motifs is 1. The van der Waals surface area contributed by atoms with Gasteiger partial charge in [-0.3, -0.25) is 0 Å². The van der Waals surface area contributed by atoms with Crippen molar-refractivity contribution in [1.29, 1.82) is 0 Å². The Balaban J connectivity index is 2.38. The molecule has 14 heavy (non-hydrogen) atoms. The lowest BCUT2D eigenvalue weighted by atomic mass is 10.2. The fraction of sp³-hybridized carbons (Fsp3) is 0.182. The maximum absolute atomic E-state index is 5.31. The number of hydrogen-bond acceptors (Lipinski definition) is 2. The van der Waals surface area contributed by atoms with Gasteiger partial charge in [-0.25, -0.2) is 0 Å². The lowest BCUT2D eigenvalue weighted by molar-refractivity contribution is 1.48. The maximum Gasteiger partial charge on any atom is 0.0778 e. The van der Waals surface area contributed by atoms with Crippen LogP contribution in [0.5, 0.6) is 0 Å². The summed E-state index contributed by atoms with van der Waals surface area (Å²) in [6.07, 6.45) is 1.95. The normalized spacial score (nSPS) is 10.6. The molecule has 0 amide bonds. The number of thioether (sulfide) groups is 1. The van der Waals surface area contributed by atoms with E-state index in [1.165, 1.54) is 5.39 Å². The molecule has 0 fully saturated rings. The minimum atomic E-state index is 0.976. The molecule has 0 saturated heterocycles. The quantitative estimate of drug-likeness (QED) is 0.780. The number of benzene rings is 1. The van der Waals surface area contributed by atoms with Gasteiger partial charge in [0.1, 0.15) is 0 Å². The summed E-state index contributed by atoms with van der Waals surface area (Å²) in [5.74, 6) is 1.03. The summed E-state index contributed by atoms with van der Waals surface area (Å²) in [6.45, 7) is 2.12. The Morgan fingerprint density at radius 2 is 2.29 bits per heavy atom. The van der Waals surface area contributed by atoms with Crippen LogP contribution in [0.1, 0.15) is 12.5 Å². The van der Waals surface area contributed by atoms with Gasteiger partial charge in [0.05, 0.1) is 4.20 Å². The van der Waals surface area contributed by atoms with E-state index in [1.807, 2.05) is 6.20 Å². The zero-order chi connectivity index (χ0) is 9.97. The fourth-order valence-corrected chi connectivity index (χ4v) is 2.43. The van der Waals surface area contributed by atoms with Crippen LogP contribution in [0.3, 0.4) is 0 Å². The van der Waals surface area contributed by atoms with Crippen LogP contribution < -0.4 is 0 Å². The van der Waals surface area contributed by atoms with E-state index in [0.717, 1.165) is 21.0 Å². The first-order chi connectivity index (χ1) is 6.81. The summed E-state index contributed by atoms with van der Waals surface area (Å²) < 4.78 is 0.976. The van der Waals surface area contributed by atoms with Crippen molar-refractivity contribution in [3.05, 3.63) is 36.0 Å². The molecule has 0 bridgehead atoms. The molecule has 2 aromatic rings. The predicted molar refractivity (Wildman–Crippen MR) is 68.1 cm³/mol. The molecule has 1 nitrogen and oxygen atoms in total. The largest absolute Gasteiger partial charge is 0.361 e. The Labute approximate surface area is 92.9 Å². The fourth-order valence-electron chi connectivity index (χ4n) is 1.39. The molecular weight excluding hydrogens is 210 g/mol. The van der Waals surface area contributed by atoms with E-state index in [1.54, 1.807) is 11.8 Å². The molecule has 2 rings (SSSR count). The van der Waals surface area contributed by atoms with Gasteiger partial charge in [0.15, 0.2) is 0 Å². The van der Waals surface area contributed by atoms with Gasteiger partial charge in [-0.15, -0.1) is 11.8 Å². The van der Waals surface area contributed by atoms with Crippen molar-refractivity contribution in [2.75, 3.05) is 5.75 Å². The smallest absolute Gasteiger partial charge is 0.0778 e. The van der Waals surface area contributed by atoms with Crippen molar-refractivity contribution in [3.63, 3.8) is 0 Å². The Morgan fingerprint density at radius 1 is 1.43 bits per heavy atom. The Bertz CT molecular complexity index is 459. The topological polar surface area (TPSA) is 15.8 Å². The van der Waals surface area contributed by atoms with Crippen LogP contribution in [-0.4, -0.2) is 14.9 Å². The van der Waals surface area contributed by atoms with Gasteiger partial charge < -0.3 is 4.98 Å². The number of aromatic amines is 1. The van der Waals surface area contributed by atoms with Crippen molar-refractivity contribution in [2.45, 2.75) is 6.92 Å². The Kier molecular flexibility index (Phi) is 2.89. The molecule has 0 aliphatic rings. The third-order valence-electron chi connectivity index (χ3n) is 2.07. The van der Waals surface area contributed by atoms with Crippen LogP contribution in [-0.2, 0) is 0 Å². The highest BCUT2D eigenvalue weighted by atomic mass is 32.2. The number of nitrogens with one attached hydrogen (secondary N) is 1. The van der Waals surface area contributed by atoms with Gasteiger partial charge in [-0.1, -0.05) is 31.3 Å². The van der Waals surface area contributed by atoms with E-state index >= 15 is 0 Å². The zero-order valence-corrected chi connectivity index (χ0v) is 9.54. The molecule has 1 aromatic heterocycles. The van der Waals surface area contributed by atoms with Gasteiger partial charge in [0.2, 0.25) is 0 Å². The van der Waals surface area contributed by atoms with Crippen molar-refractivity contribution in [1.82, 2.24) is 4.98 Å². The highest BCUT2D eigenvalue weighted by molar-refractivity contribution is 8.23. The number of H-pyrrole nitrogens is 1. The van der Waals surface area contributed by atoms with Crippen LogP contribution in [0.15, 0.2) is 30.5 Å². The van der Waals surface area contributed by atoms with E-state index in [4.69, 9.17) is 12.2 Å². The number of rotatable bonds is 2. The van der Waals surface area contributed by atoms with Gasteiger partial charge >= 0.3 is 0 Å². The Hall–Kier alpha value is -0.800. The lowest BCUT2D eigenvalue weighted by Crippen LogP contribution is -1.91. The van der Waals surface area contributed by atoms with E-state index in [2.05, 4.69) is 36.2 Å². The zero-order valence-electron chi connectivity index (χ0n) is 7.91. The molecule has 0 saturated carbocycles. The summed E-state index contributed by atoms with van der Waals surface area (Å²) in [5, 5.41) is 1.23. The molecule has 72 valence electrons. The molecule has 0 aliphatic heterocycles. The van der Waals surface area contributed by atoms with Crippen LogP contribution in [0.4, 0.5) is 0 Å². The molecule has 1 heterocycles. The molecule has 1 N–H and O–H groups in total. The lowest BCUT2D eigenvalue weighted by Gasteiger charge is -2.01. The summed E-state index contributed by atoms with van der Waals surface area (Å²) in [5.41, 5.74) is 2.29. The van der Waals surface area contributed by atoms with Crippen molar-refractivity contribution >= 4 is 39.1 Å². The molecule has 0 atom stereocenters. The van der Waals surface area contributed by atoms with Crippen LogP contribution in [0, 0.1) is 0 Å². The SMILES string of the molecule is CCSC(=S)c1ccc2cc[nH]c2c1. The van der Waals surface area contributed by atoms with Crippen molar-refractivity contribution < 1.29 is 0 Å². The van der Waals surface area contributed by atoms with Gasteiger partial charge in [0.25, 0.3) is 0 Å². The maximum atomic E-state index is 5.31. The molecule has 0 unspecified atom stereocenters. The number of aromatic nitrogens is 1. The summed E-state index contributed by atoms with van der Waals surface area (Å²) in [6, 6.07) is 8.36. The number of thiocarbonyl (C=S) groups is 1. The average molecular weight is 221 g/mol. The minimum Gasteiger partial charge on any atom is -0.361 e. The van der Waals surface area contributed by atoms with Gasteiger partial charge in [0, 0.05) is 17.3 Å². The molecule has 0 aliphatic carbocycles. The summed E-state index contributed by atoms with van der Waals surface area (Å²) >= 11 is 7.02. The summed E-state index contributed by atoms with van der Waals surface area (Å²) in [7, 11) is 0. The molecule has 3 heteroatoms.